The van der Waals surface area contributed by atoms with E-state index in [0.29, 0.717) is 46.2 Å². The number of aliphatic imine (C=N–C) groups is 1. The number of benzene rings is 3. The van der Waals surface area contributed by atoms with E-state index >= 15 is 4.39 Å². The molecule has 1 aromatic heterocycles. The van der Waals surface area contributed by atoms with E-state index in [1.807, 2.05) is 13.8 Å². The van der Waals surface area contributed by atoms with Crippen LogP contribution in [0.5, 0.6) is 0 Å². The highest BCUT2D eigenvalue weighted by molar-refractivity contribution is 6.31. The normalized spacial score (nSPS) is 18.0. The maximum atomic E-state index is 15.2. The number of piperazine rings is 1. The first kappa shape index (κ1) is 27.9. The average Bonchev–Trinajstić information content (AvgIpc) is 3.09. The molecule has 4 aromatic rings. The van der Waals surface area contributed by atoms with Crippen molar-refractivity contribution >= 4 is 34.9 Å². The van der Waals surface area contributed by atoms with E-state index in [1.54, 1.807) is 35.4 Å². The number of nitrogens with one attached hydrogen (secondary N) is 2. The summed E-state index contributed by atoms with van der Waals surface area (Å²) in [7, 11) is 0. The lowest BCUT2D eigenvalue weighted by molar-refractivity contribution is 0.0669. The predicted octanol–water partition coefficient (Wildman–Crippen LogP) is 6.13. The first-order valence-electron chi connectivity index (χ1n) is 13.4. The molecule has 2 N–H and O–H groups in total. The molecule has 11 heteroatoms. The van der Waals surface area contributed by atoms with Crippen LogP contribution in [0, 0.1) is 17.5 Å². The van der Waals surface area contributed by atoms with Crippen LogP contribution >= 0.6 is 11.6 Å². The van der Waals surface area contributed by atoms with Crippen molar-refractivity contribution in [1.82, 2.24) is 20.2 Å². The summed E-state index contributed by atoms with van der Waals surface area (Å²) in [6, 6.07) is 13.1. The summed E-state index contributed by atoms with van der Waals surface area (Å²) in [5.74, 6) is -2.35. The van der Waals surface area contributed by atoms with Gasteiger partial charge in [-0.3, -0.25) is 9.79 Å². The number of hydrogen-bond acceptors (Lipinski definition) is 6. The molecule has 0 saturated carbocycles. The Labute approximate surface area is 245 Å². The van der Waals surface area contributed by atoms with Gasteiger partial charge in [-0.2, -0.15) is 0 Å². The van der Waals surface area contributed by atoms with Crippen LogP contribution in [0.25, 0.3) is 11.3 Å². The summed E-state index contributed by atoms with van der Waals surface area (Å²) in [6.45, 7) is 5.02. The zero-order valence-corrected chi connectivity index (χ0v) is 23.5. The minimum atomic E-state index is -0.746. The number of anilines is 2. The van der Waals surface area contributed by atoms with Gasteiger partial charge in [-0.25, -0.2) is 23.1 Å². The Bertz CT molecular complexity index is 1720. The van der Waals surface area contributed by atoms with Crippen LogP contribution in [0.15, 0.2) is 65.8 Å². The number of carbonyl (C=O) groups is 1. The van der Waals surface area contributed by atoms with Crippen molar-refractivity contribution in [3.05, 3.63) is 106 Å². The van der Waals surface area contributed by atoms with E-state index in [1.165, 1.54) is 30.3 Å². The van der Waals surface area contributed by atoms with Crippen LogP contribution in [0.3, 0.4) is 0 Å². The smallest absolute Gasteiger partial charge is 0.256 e. The second-order valence-electron chi connectivity index (χ2n) is 10.5. The Morgan fingerprint density at radius 2 is 1.71 bits per heavy atom. The van der Waals surface area contributed by atoms with E-state index < -0.39 is 17.5 Å². The van der Waals surface area contributed by atoms with Crippen LogP contribution in [0.4, 0.5) is 24.8 Å². The highest BCUT2D eigenvalue weighted by Gasteiger charge is 2.28. The van der Waals surface area contributed by atoms with Crippen molar-refractivity contribution in [3.63, 3.8) is 0 Å². The summed E-state index contributed by atoms with van der Waals surface area (Å²) in [5, 5.41) is 6.72. The minimum absolute atomic E-state index is 0.0134. The monoisotopic (exact) mass is 590 g/mol. The van der Waals surface area contributed by atoms with E-state index in [0.717, 1.165) is 0 Å². The van der Waals surface area contributed by atoms with Gasteiger partial charge in [-0.05, 0) is 56.3 Å². The second-order valence-corrected chi connectivity index (χ2v) is 11.0. The summed E-state index contributed by atoms with van der Waals surface area (Å²) in [4.78, 5) is 28.2. The zero-order valence-electron chi connectivity index (χ0n) is 22.8. The van der Waals surface area contributed by atoms with Crippen LogP contribution in [0.1, 0.15) is 40.9 Å². The number of fused-ring (bicyclic) bond motifs is 3. The fourth-order valence-electron chi connectivity index (χ4n) is 5.48. The van der Waals surface area contributed by atoms with Crippen LogP contribution in [0.2, 0.25) is 5.02 Å². The molecule has 2 unspecified atom stereocenters. The predicted molar refractivity (Wildman–Crippen MR) is 156 cm³/mol. The number of amides is 1. The van der Waals surface area contributed by atoms with Gasteiger partial charge in [0.2, 0.25) is 5.95 Å². The van der Waals surface area contributed by atoms with E-state index in [9.17, 15) is 13.6 Å². The van der Waals surface area contributed by atoms with Crippen molar-refractivity contribution in [2.45, 2.75) is 32.5 Å². The summed E-state index contributed by atoms with van der Waals surface area (Å²) in [5.41, 5.74) is 2.29. The van der Waals surface area contributed by atoms with Crippen LogP contribution in [-0.4, -0.2) is 51.7 Å². The third-order valence-corrected chi connectivity index (χ3v) is 7.50. The molecule has 42 heavy (non-hydrogen) atoms. The number of rotatable bonds is 4. The largest absolute Gasteiger partial charge is 0.335 e. The summed E-state index contributed by atoms with van der Waals surface area (Å²) in [6.07, 6.45) is 1.56. The van der Waals surface area contributed by atoms with Gasteiger partial charge in [0, 0.05) is 58.8 Å². The zero-order chi connectivity index (χ0) is 29.5. The number of nitrogens with zero attached hydrogens (tertiary/aromatic N) is 4. The molecule has 6 rings (SSSR count). The van der Waals surface area contributed by atoms with Crippen molar-refractivity contribution in [2.24, 2.45) is 4.99 Å². The number of hydrogen-bond donors (Lipinski definition) is 2. The first-order valence-corrected chi connectivity index (χ1v) is 13.8. The van der Waals surface area contributed by atoms with Gasteiger partial charge >= 0.3 is 0 Å². The van der Waals surface area contributed by atoms with Crippen molar-refractivity contribution in [1.29, 1.82) is 0 Å². The molecular formula is C31H26ClF3N6O. The topological polar surface area (TPSA) is 82.5 Å². The molecule has 3 heterocycles. The molecule has 2 aliphatic heterocycles. The third kappa shape index (κ3) is 5.35. The Kier molecular flexibility index (Phi) is 7.42. The molecule has 1 saturated heterocycles. The maximum Gasteiger partial charge on any atom is 0.256 e. The minimum Gasteiger partial charge on any atom is -0.335 e. The fraction of sp³-hybridized carbons (Fsp3) is 0.226. The highest BCUT2D eigenvalue weighted by Crippen LogP contribution is 2.35. The Morgan fingerprint density at radius 3 is 2.43 bits per heavy atom. The van der Waals surface area contributed by atoms with Gasteiger partial charge in [0.15, 0.2) is 0 Å². The van der Waals surface area contributed by atoms with Crippen molar-refractivity contribution in [3.8, 4) is 11.3 Å². The van der Waals surface area contributed by atoms with Gasteiger partial charge in [-0.1, -0.05) is 23.7 Å². The average molecular weight is 591 g/mol. The summed E-state index contributed by atoms with van der Waals surface area (Å²) >= 11 is 6.29. The molecule has 7 nitrogen and oxygen atoms in total. The van der Waals surface area contributed by atoms with E-state index in [-0.39, 0.29) is 47.3 Å². The molecule has 1 amide bonds. The fourth-order valence-corrected chi connectivity index (χ4v) is 5.65. The van der Waals surface area contributed by atoms with E-state index in [4.69, 9.17) is 11.6 Å². The molecular weight excluding hydrogens is 565 g/mol. The van der Waals surface area contributed by atoms with Crippen LogP contribution in [-0.2, 0) is 6.54 Å². The Morgan fingerprint density at radius 1 is 0.976 bits per heavy atom. The van der Waals surface area contributed by atoms with Gasteiger partial charge in [0.05, 0.1) is 29.1 Å². The highest BCUT2D eigenvalue weighted by atomic mass is 35.5. The molecule has 0 aliphatic carbocycles. The molecule has 0 radical (unpaired) electrons. The quantitative estimate of drug-likeness (QED) is 0.299. The maximum absolute atomic E-state index is 15.2. The van der Waals surface area contributed by atoms with Gasteiger partial charge in [-0.15, -0.1) is 0 Å². The van der Waals surface area contributed by atoms with Crippen molar-refractivity contribution in [2.75, 3.05) is 18.4 Å². The molecule has 214 valence electrons. The number of aromatic nitrogens is 2. The molecule has 2 aliphatic rings. The first-order chi connectivity index (χ1) is 20.2. The molecule has 3 aromatic carbocycles. The standard InChI is InChI=1S/C31H26ClF3N6O/c1-16-14-41(15-17(2)38-16)30(42)22-9-7-20(11-26(22)35)39-31-37-13-18-12-36-29(27-24(33)4-3-5-25(27)34)23-10-19(32)6-8-21(23)28(18)40-31/h3-11,13,16-17,38H,12,14-15H2,1-2H3,(H,37,39,40). The molecule has 0 bridgehead atoms. The van der Waals surface area contributed by atoms with E-state index in [2.05, 4.69) is 25.6 Å². The van der Waals surface area contributed by atoms with Gasteiger partial charge in [0.1, 0.15) is 17.5 Å². The van der Waals surface area contributed by atoms with Crippen molar-refractivity contribution < 1.29 is 18.0 Å². The lowest BCUT2D eigenvalue weighted by Crippen LogP contribution is -2.55. The molecule has 2 atom stereocenters. The molecule has 1 fully saturated rings. The summed E-state index contributed by atoms with van der Waals surface area (Å²) < 4.78 is 44.7. The van der Waals surface area contributed by atoms with Gasteiger partial charge in [0.25, 0.3) is 5.91 Å². The van der Waals surface area contributed by atoms with Crippen LogP contribution < -0.4 is 10.6 Å². The second kappa shape index (κ2) is 11.2. The SMILES string of the molecule is CC1CN(C(=O)c2ccc(Nc3ncc4c(n3)-c3ccc(Cl)cc3C(c3c(F)cccc3F)=NC4)cc2F)CC(C)N1. The van der Waals surface area contributed by atoms with Gasteiger partial charge < -0.3 is 15.5 Å². The number of halogens is 4. The Hall–Kier alpha value is -4.28. The molecule has 0 spiro atoms. The number of carbonyl (C=O) groups excluding carboxylic acids is 1. The Balaban J connectivity index is 1.31. The third-order valence-electron chi connectivity index (χ3n) is 7.26. The lowest BCUT2D eigenvalue weighted by Gasteiger charge is -2.36. The lowest BCUT2D eigenvalue weighted by atomic mass is 9.95.